The van der Waals surface area contributed by atoms with Crippen molar-refractivity contribution in [1.82, 2.24) is 4.98 Å². The first-order valence-electron chi connectivity index (χ1n) is 10.2. The second-order valence-electron chi connectivity index (χ2n) is 6.84. The molecule has 0 fully saturated rings. The standard InChI is InChI=1S/C19H18F3NO5.2C2H6.CH4/c1-18(2,3)28-16(25)13-12(9-24)23-15(14(13)19(20,21)22)17(26)27-10-11-7-5-4-6-8-11;2*1-2;/h4-9,23H,10H2,1-3H3;2*1-2H3;1H4. The Labute approximate surface area is 193 Å². The van der Waals surface area contributed by atoms with Crippen LogP contribution in [0.2, 0.25) is 0 Å². The van der Waals surface area contributed by atoms with Gasteiger partial charge in [-0.3, -0.25) is 4.79 Å². The molecule has 0 amide bonds. The van der Waals surface area contributed by atoms with Crippen LogP contribution in [0.5, 0.6) is 0 Å². The molecule has 6 nitrogen and oxygen atoms in total. The van der Waals surface area contributed by atoms with Crippen LogP contribution in [0.3, 0.4) is 0 Å². The molecule has 186 valence electrons. The van der Waals surface area contributed by atoms with E-state index in [9.17, 15) is 27.6 Å². The Morgan fingerprint density at radius 3 is 1.91 bits per heavy atom. The minimum atomic E-state index is -5.11. The smallest absolute Gasteiger partial charge is 0.419 e. The lowest BCUT2D eigenvalue weighted by molar-refractivity contribution is -0.138. The number of H-pyrrole nitrogens is 1. The highest BCUT2D eigenvalue weighted by molar-refractivity contribution is 6.03. The third kappa shape index (κ3) is 9.51. The zero-order valence-corrected chi connectivity index (χ0v) is 19.3. The molecule has 0 saturated heterocycles. The van der Waals surface area contributed by atoms with Gasteiger partial charge in [0, 0.05) is 0 Å². The second-order valence-corrected chi connectivity index (χ2v) is 6.84. The van der Waals surface area contributed by atoms with Crippen LogP contribution >= 0.6 is 0 Å². The molecule has 0 aliphatic rings. The predicted molar refractivity (Wildman–Crippen MR) is 121 cm³/mol. The van der Waals surface area contributed by atoms with Gasteiger partial charge >= 0.3 is 18.1 Å². The Morgan fingerprint density at radius 1 is 0.970 bits per heavy atom. The maximum atomic E-state index is 13.6. The number of benzene rings is 1. The van der Waals surface area contributed by atoms with Crippen molar-refractivity contribution in [2.45, 2.75) is 74.3 Å². The van der Waals surface area contributed by atoms with Crippen LogP contribution < -0.4 is 0 Å². The summed E-state index contributed by atoms with van der Waals surface area (Å²) in [7, 11) is 0. The third-order valence-electron chi connectivity index (χ3n) is 3.45. The molecule has 0 bridgehead atoms. The van der Waals surface area contributed by atoms with Gasteiger partial charge in [0.25, 0.3) is 0 Å². The summed E-state index contributed by atoms with van der Waals surface area (Å²) in [5.41, 5.74) is -4.95. The summed E-state index contributed by atoms with van der Waals surface area (Å²) in [6.07, 6.45) is -5.09. The predicted octanol–water partition coefficient (Wildman–Crippen LogP) is 6.85. The lowest BCUT2D eigenvalue weighted by Gasteiger charge is -2.20. The summed E-state index contributed by atoms with van der Waals surface area (Å²) in [5.74, 6) is -2.73. The van der Waals surface area contributed by atoms with Crippen molar-refractivity contribution in [3.05, 3.63) is 58.4 Å². The molecule has 9 heteroatoms. The molecule has 0 atom stereocenters. The number of rotatable bonds is 5. The first-order valence-corrected chi connectivity index (χ1v) is 10.2. The molecule has 33 heavy (non-hydrogen) atoms. The molecule has 1 aromatic heterocycles. The number of alkyl halides is 3. The van der Waals surface area contributed by atoms with Crippen molar-refractivity contribution in [3.63, 3.8) is 0 Å². The molecule has 2 rings (SSSR count). The van der Waals surface area contributed by atoms with Gasteiger partial charge in [-0.1, -0.05) is 65.5 Å². The number of hydrogen-bond acceptors (Lipinski definition) is 5. The first kappa shape index (κ1) is 32.1. The normalized spacial score (nSPS) is 10.4. The van der Waals surface area contributed by atoms with Gasteiger partial charge in [0.05, 0.1) is 5.69 Å². The summed E-state index contributed by atoms with van der Waals surface area (Å²) < 4.78 is 50.7. The first-order chi connectivity index (χ1) is 14.9. The highest BCUT2D eigenvalue weighted by Gasteiger charge is 2.44. The zero-order valence-electron chi connectivity index (χ0n) is 19.3. The van der Waals surface area contributed by atoms with Crippen LogP contribution in [-0.2, 0) is 22.3 Å². The Kier molecular flexibility index (Phi) is 13.7. The highest BCUT2D eigenvalue weighted by atomic mass is 19.4. The van der Waals surface area contributed by atoms with Gasteiger partial charge in [0.15, 0.2) is 6.29 Å². The maximum absolute atomic E-state index is 13.6. The molecule has 0 saturated carbocycles. The van der Waals surface area contributed by atoms with Crippen LogP contribution in [0.4, 0.5) is 13.2 Å². The molecule has 0 aliphatic carbocycles. The van der Waals surface area contributed by atoms with Gasteiger partial charge in [0.1, 0.15) is 29.0 Å². The van der Waals surface area contributed by atoms with Crippen LogP contribution in [0, 0.1) is 0 Å². The van der Waals surface area contributed by atoms with E-state index in [0.717, 1.165) is 0 Å². The van der Waals surface area contributed by atoms with E-state index in [-0.39, 0.29) is 20.3 Å². The van der Waals surface area contributed by atoms with Gasteiger partial charge < -0.3 is 14.5 Å². The third-order valence-corrected chi connectivity index (χ3v) is 3.45. The van der Waals surface area contributed by atoms with E-state index in [1.807, 2.05) is 32.7 Å². The molecule has 1 heterocycles. The number of ether oxygens (including phenoxy) is 2. The number of carbonyl (C=O) groups excluding carboxylic acids is 3. The fourth-order valence-corrected chi connectivity index (χ4v) is 2.38. The number of aldehydes is 1. The lowest BCUT2D eigenvalue weighted by atomic mass is 10.1. The van der Waals surface area contributed by atoms with Gasteiger partial charge in [0.2, 0.25) is 0 Å². The quantitative estimate of drug-likeness (QED) is 0.379. The van der Waals surface area contributed by atoms with Crippen molar-refractivity contribution in [1.29, 1.82) is 0 Å². The van der Waals surface area contributed by atoms with E-state index in [1.54, 1.807) is 30.3 Å². The molecule has 0 radical (unpaired) electrons. The number of aromatic nitrogens is 1. The molecule has 0 unspecified atom stereocenters. The number of carbonyl (C=O) groups is 3. The van der Waals surface area contributed by atoms with Crippen molar-refractivity contribution in [2.24, 2.45) is 0 Å². The number of hydrogen-bond donors (Lipinski definition) is 1. The maximum Gasteiger partial charge on any atom is 0.419 e. The Hall–Kier alpha value is -3.10. The van der Waals surface area contributed by atoms with E-state index in [1.165, 1.54) is 20.8 Å². The topological polar surface area (TPSA) is 85.5 Å². The van der Waals surface area contributed by atoms with E-state index in [2.05, 4.69) is 0 Å². The fourth-order valence-electron chi connectivity index (χ4n) is 2.38. The SMILES string of the molecule is C.CC.CC.CC(C)(C)OC(=O)c1c(C=O)[nH]c(C(=O)OCc2ccccc2)c1C(F)(F)F. The monoisotopic (exact) mass is 473 g/mol. The number of esters is 2. The minimum Gasteiger partial charge on any atom is -0.456 e. The van der Waals surface area contributed by atoms with Crippen molar-refractivity contribution in [2.75, 3.05) is 0 Å². The van der Waals surface area contributed by atoms with Gasteiger partial charge in [-0.25, -0.2) is 9.59 Å². The average Bonchev–Trinajstić information content (AvgIpc) is 3.15. The van der Waals surface area contributed by atoms with E-state index < -0.39 is 46.2 Å². The molecular formula is C24H34F3NO5. The Balaban J connectivity index is 0. The van der Waals surface area contributed by atoms with Crippen molar-refractivity contribution >= 4 is 18.2 Å². The van der Waals surface area contributed by atoms with Crippen LogP contribution in [0.1, 0.15) is 98.4 Å². The van der Waals surface area contributed by atoms with Crippen LogP contribution in [0.15, 0.2) is 30.3 Å². The zero-order chi connectivity index (χ0) is 25.1. The largest absolute Gasteiger partial charge is 0.456 e. The number of aromatic amines is 1. The van der Waals surface area contributed by atoms with Crippen LogP contribution in [-0.4, -0.2) is 28.8 Å². The fraction of sp³-hybridized carbons (Fsp3) is 0.458. The molecule has 0 spiro atoms. The second kappa shape index (κ2) is 14.1. The van der Waals surface area contributed by atoms with E-state index >= 15 is 0 Å². The molecule has 1 aromatic carbocycles. The van der Waals surface area contributed by atoms with E-state index in [4.69, 9.17) is 9.47 Å². The Bertz CT molecular complexity index is 882. The number of halogens is 3. The molecular weight excluding hydrogens is 439 g/mol. The molecule has 2 aromatic rings. The summed E-state index contributed by atoms with van der Waals surface area (Å²) >= 11 is 0. The van der Waals surface area contributed by atoms with Gasteiger partial charge in [-0.15, -0.1) is 0 Å². The van der Waals surface area contributed by atoms with Crippen LogP contribution in [0.25, 0.3) is 0 Å². The minimum absolute atomic E-state index is 0. The summed E-state index contributed by atoms with van der Waals surface area (Å²) in [6.45, 7) is 12.1. The molecule has 1 N–H and O–H groups in total. The Morgan fingerprint density at radius 2 is 1.48 bits per heavy atom. The van der Waals surface area contributed by atoms with Crippen molar-refractivity contribution in [3.8, 4) is 0 Å². The molecule has 0 aliphatic heterocycles. The van der Waals surface area contributed by atoms with Crippen molar-refractivity contribution < 1.29 is 37.0 Å². The average molecular weight is 474 g/mol. The summed E-state index contributed by atoms with van der Waals surface area (Å²) in [4.78, 5) is 37.8. The highest BCUT2D eigenvalue weighted by Crippen LogP contribution is 2.37. The lowest BCUT2D eigenvalue weighted by Crippen LogP contribution is -2.26. The van der Waals surface area contributed by atoms with Gasteiger partial charge in [-0.05, 0) is 26.3 Å². The van der Waals surface area contributed by atoms with Gasteiger partial charge in [-0.2, -0.15) is 13.2 Å². The summed E-state index contributed by atoms with van der Waals surface area (Å²) in [5, 5.41) is 0. The van der Waals surface area contributed by atoms with E-state index in [0.29, 0.717) is 5.56 Å². The summed E-state index contributed by atoms with van der Waals surface area (Å²) in [6, 6.07) is 8.31. The number of nitrogens with one attached hydrogen (secondary N) is 1.